The van der Waals surface area contributed by atoms with E-state index in [1.54, 1.807) is 12.3 Å². The van der Waals surface area contributed by atoms with Crippen LogP contribution in [0.5, 0.6) is 5.75 Å². The summed E-state index contributed by atoms with van der Waals surface area (Å²) in [6.07, 6.45) is 3.75. The Morgan fingerprint density at radius 1 is 0.718 bits per heavy atom. The molecule has 0 unspecified atom stereocenters. The number of benzene rings is 3. The molecule has 0 aliphatic carbocycles. The Kier molecular flexibility index (Phi) is 10.7. The maximum absolute atomic E-state index is 9.75. The summed E-state index contributed by atoms with van der Waals surface area (Å²) in [6.45, 7) is 10.8. The van der Waals surface area contributed by atoms with Gasteiger partial charge < -0.3 is 10.1 Å². The number of hydrogen-bond acceptors (Lipinski definition) is 3. The van der Waals surface area contributed by atoms with Crippen molar-refractivity contribution in [3.8, 4) is 39.4 Å². The molecule has 4 heteroatoms. The number of aromatic nitrogens is 2. The van der Waals surface area contributed by atoms with E-state index < -0.39 is 0 Å². The quantitative estimate of drug-likeness (QED) is 0.187. The van der Waals surface area contributed by atoms with Crippen molar-refractivity contribution in [1.29, 1.82) is 0 Å². The third-order valence-corrected chi connectivity index (χ3v) is 6.58. The number of phenolic OH excluding ortho intramolecular Hbond substituents is 1. The molecular weight excluding hydrogens is 657 g/mol. The molecule has 3 nitrogen and oxygen atoms in total. The van der Waals surface area contributed by atoms with Crippen molar-refractivity contribution in [2.45, 2.75) is 46.5 Å². The van der Waals surface area contributed by atoms with Crippen molar-refractivity contribution in [3.63, 3.8) is 0 Å². The van der Waals surface area contributed by atoms with Gasteiger partial charge in [0.25, 0.3) is 0 Å². The molecule has 0 amide bonds. The second-order valence-corrected chi connectivity index (χ2v) is 10.1. The Labute approximate surface area is 246 Å². The zero-order chi connectivity index (χ0) is 27.1. The molecule has 2 heterocycles. The minimum Gasteiger partial charge on any atom is -0.507 e. The van der Waals surface area contributed by atoms with Gasteiger partial charge in [-0.15, -0.1) is 35.4 Å². The van der Waals surface area contributed by atoms with Crippen LogP contribution in [0.1, 0.15) is 56.2 Å². The van der Waals surface area contributed by atoms with Gasteiger partial charge in [0.05, 0.1) is 5.69 Å². The van der Waals surface area contributed by atoms with Crippen LogP contribution in [0, 0.1) is 13.0 Å². The van der Waals surface area contributed by atoms with Crippen molar-refractivity contribution < 1.29 is 25.2 Å². The van der Waals surface area contributed by atoms with Gasteiger partial charge in [0.2, 0.25) is 0 Å². The van der Waals surface area contributed by atoms with Gasteiger partial charge in [-0.3, -0.25) is 4.98 Å². The summed E-state index contributed by atoms with van der Waals surface area (Å²) < 4.78 is 0. The molecule has 0 aliphatic heterocycles. The summed E-state index contributed by atoms with van der Waals surface area (Å²) in [4.78, 5) is 8.89. The molecule has 0 saturated carbocycles. The summed E-state index contributed by atoms with van der Waals surface area (Å²) in [6, 6.07) is 33.5. The van der Waals surface area contributed by atoms with E-state index in [4.69, 9.17) is 0 Å². The molecule has 0 saturated heterocycles. The molecule has 5 rings (SSSR count). The molecule has 201 valence electrons. The largest absolute Gasteiger partial charge is 0.507 e. The fourth-order valence-corrected chi connectivity index (χ4v) is 4.38. The number of aromatic hydroxyl groups is 1. The van der Waals surface area contributed by atoms with E-state index in [9.17, 15) is 5.11 Å². The maximum atomic E-state index is 9.75. The van der Waals surface area contributed by atoms with Crippen molar-refractivity contribution in [1.82, 2.24) is 9.97 Å². The average molecular weight is 692 g/mol. The van der Waals surface area contributed by atoms with Crippen LogP contribution >= 0.6 is 0 Å². The fourth-order valence-electron chi connectivity index (χ4n) is 4.38. The molecule has 3 aromatic carbocycles. The number of nitrogens with zero attached hydrogens (tertiary/aromatic N) is 2. The summed E-state index contributed by atoms with van der Waals surface area (Å²) in [5.74, 6) is 1.24. The van der Waals surface area contributed by atoms with Crippen LogP contribution in [-0.2, 0) is 20.1 Å². The van der Waals surface area contributed by atoms with Gasteiger partial charge in [-0.1, -0.05) is 76.2 Å². The van der Waals surface area contributed by atoms with Gasteiger partial charge >= 0.3 is 0 Å². The number of phenols is 1. The van der Waals surface area contributed by atoms with Crippen molar-refractivity contribution in [2.24, 2.45) is 0 Å². The summed E-state index contributed by atoms with van der Waals surface area (Å²) in [7, 11) is 0. The van der Waals surface area contributed by atoms with Gasteiger partial charge in [0, 0.05) is 38.1 Å². The Hall–Kier alpha value is -3.59. The third kappa shape index (κ3) is 7.72. The van der Waals surface area contributed by atoms with Gasteiger partial charge in [0.15, 0.2) is 0 Å². The van der Waals surface area contributed by atoms with Crippen LogP contribution in [-0.4, -0.2) is 15.1 Å². The predicted octanol–water partition coefficient (Wildman–Crippen LogP) is 9.22. The molecular formula is C35H35IrN2O-. The Balaban J connectivity index is 0.000000220. The van der Waals surface area contributed by atoms with Crippen LogP contribution in [0.2, 0.25) is 0 Å². The number of rotatable bonds is 5. The topological polar surface area (TPSA) is 46.0 Å². The van der Waals surface area contributed by atoms with Crippen LogP contribution in [0.25, 0.3) is 33.6 Å². The van der Waals surface area contributed by atoms with E-state index >= 15 is 0 Å². The number of hydrogen-bond donors (Lipinski definition) is 1. The van der Waals surface area contributed by atoms with E-state index in [1.807, 2.05) is 48.7 Å². The minimum absolute atomic E-state index is 0. The Morgan fingerprint density at radius 3 is 2.13 bits per heavy atom. The van der Waals surface area contributed by atoms with Gasteiger partial charge in [-0.05, 0) is 71.0 Å². The van der Waals surface area contributed by atoms with Crippen molar-refractivity contribution in [3.05, 3.63) is 126 Å². The standard InChI is InChI=1S/C21H20N.C14H15NO.Ir/c1-15(2)20-13-21(22-14-16(20)3)19-11-7-10-18(12-19)17-8-5-4-6-9-17;1-10(2)11-7-8-15-13(9-11)12-5-3-4-6-14(12)16;/h4-10,12-15H,1-3H3;3-10,16H,1-2H3;/q-1;;. The first kappa shape index (κ1) is 30.0. The maximum Gasteiger partial charge on any atom is 0.124 e. The average Bonchev–Trinajstić information content (AvgIpc) is 2.94. The van der Waals surface area contributed by atoms with E-state index in [2.05, 4.69) is 93.1 Å². The molecule has 39 heavy (non-hydrogen) atoms. The zero-order valence-electron chi connectivity index (χ0n) is 23.1. The molecule has 0 atom stereocenters. The molecule has 0 spiro atoms. The summed E-state index contributed by atoms with van der Waals surface area (Å²) >= 11 is 0. The predicted molar refractivity (Wildman–Crippen MR) is 158 cm³/mol. The monoisotopic (exact) mass is 692 g/mol. The Bertz CT molecular complexity index is 1500. The first-order valence-corrected chi connectivity index (χ1v) is 13.1. The molecule has 1 radical (unpaired) electrons. The summed E-state index contributed by atoms with van der Waals surface area (Å²) in [5.41, 5.74) is 9.89. The van der Waals surface area contributed by atoms with Gasteiger partial charge in [-0.25, -0.2) is 0 Å². The van der Waals surface area contributed by atoms with Crippen molar-refractivity contribution >= 4 is 0 Å². The number of para-hydroxylation sites is 1. The summed E-state index contributed by atoms with van der Waals surface area (Å²) in [5, 5.41) is 9.75. The first-order valence-electron chi connectivity index (χ1n) is 13.1. The second kappa shape index (κ2) is 14.0. The molecule has 2 aromatic heterocycles. The Morgan fingerprint density at radius 2 is 1.44 bits per heavy atom. The fraction of sp³-hybridized carbons (Fsp3) is 0.200. The van der Waals surface area contributed by atoms with E-state index in [-0.39, 0.29) is 25.9 Å². The van der Waals surface area contributed by atoms with Crippen LogP contribution in [0.4, 0.5) is 0 Å². The second-order valence-electron chi connectivity index (χ2n) is 10.1. The van der Waals surface area contributed by atoms with E-state index in [0.29, 0.717) is 11.8 Å². The minimum atomic E-state index is 0. The molecule has 1 N–H and O–H groups in total. The molecule has 0 aliphatic rings. The van der Waals surface area contributed by atoms with E-state index in [1.165, 1.54) is 27.8 Å². The first-order chi connectivity index (χ1) is 18.3. The van der Waals surface area contributed by atoms with Crippen molar-refractivity contribution in [2.75, 3.05) is 0 Å². The molecule has 0 fully saturated rings. The van der Waals surface area contributed by atoms with Gasteiger partial charge in [0.1, 0.15) is 5.75 Å². The zero-order valence-corrected chi connectivity index (χ0v) is 25.5. The van der Waals surface area contributed by atoms with E-state index in [0.717, 1.165) is 22.5 Å². The van der Waals surface area contributed by atoms with Crippen LogP contribution < -0.4 is 0 Å². The number of aryl methyl sites for hydroxylation is 1. The van der Waals surface area contributed by atoms with Crippen LogP contribution in [0.3, 0.4) is 0 Å². The smallest absolute Gasteiger partial charge is 0.124 e. The van der Waals surface area contributed by atoms with Gasteiger partial charge in [-0.2, -0.15) is 0 Å². The SMILES string of the molecule is CC(C)c1ccnc(-c2ccccc2O)c1.Cc1cnc(-c2[c-]ccc(-c3ccccc3)c2)cc1C(C)C.[Ir]. The normalized spacial score (nSPS) is 10.5. The third-order valence-electron chi connectivity index (χ3n) is 6.58. The number of pyridine rings is 2. The molecule has 0 bridgehead atoms. The molecule has 5 aromatic rings. The van der Waals surface area contributed by atoms with Crippen LogP contribution in [0.15, 0.2) is 103 Å².